The second-order valence-electron chi connectivity index (χ2n) is 7.91. The molecule has 4 rings (SSSR count). The van der Waals surface area contributed by atoms with Crippen molar-refractivity contribution in [3.05, 3.63) is 148 Å². The van der Waals surface area contributed by atoms with Crippen molar-refractivity contribution in [1.29, 1.82) is 0 Å². The summed E-state index contributed by atoms with van der Waals surface area (Å²) < 4.78 is 0. The third kappa shape index (κ3) is 5.84. The Kier molecular flexibility index (Phi) is 7.25. The van der Waals surface area contributed by atoms with Gasteiger partial charge in [0, 0.05) is 30.8 Å². The summed E-state index contributed by atoms with van der Waals surface area (Å²) in [5, 5.41) is 11.3. The number of hydrogen-bond acceptors (Lipinski definition) is 3. The maximum atomic E-state index is 14.0. The van der Waals surface area contributed by atoms with Gasteiger partial charge < -0.3 is 4.90 Å². The lowest BCUT2D eigenvalue weighted by Crippen LogP contribution is -2.30. The van der Waals surface area contributed by atoms with E-state index in [4.69, 9.17) is 0 Å². The van der Waals surface area contributed by atoms with Gasteiger partial charge in [-0.1, -0.05) is 103 Å². The number of amides is 1. The quantitative estimate of drug-likeness (QED) is 0.136. The van der Waals surface area contributed by atoms with Crippen molar-refractivity contribution in [3.63, 3.8) is 0 Å². The lowest BCUT2D eigenvalue weighted by atomic mass is 10.0. The molecule has 0 aliphatic carbocycles. The fourth-order valence-electron chi connectivity index (χ4n) is 3.76. The Morgan fingerprint density at radius 2 is 1.26 bits per heavy atom. The van der Waals surface area contributed by atoms with E-state index in [1.807, 2.05) is 91.0 Å². The van der Waals surface area contributed by atoms with Crippen molar-refractivity contribution in [3.8, 4) is 0 Å². The molecule has 0 fully saturated rings. The monoisotopic (exact) mass is 448 g/mol. The van der Waals surface area contributed by atoms with E-state index in [2.05, 4.69) is 0 Å². The molecule has 0 unspecified atom stereocenters. The van der Waals surface area contributed by atoms with Gasteiger partial charge in [-0.05, 0) is 28.3 Å². The number of hydrogen-bond donors (Lipinski definition) is 0. The Hall–Kier alpha value is -4.51. The Labute approximate surface area is 198 Å². The predicted molar refractivity (Wildman–Crippen MR) is 135 cm³/mol. The van der Waals surface area contributed by atoms with Crippen LogP contribution in [0.2, 0.25) is 0 Å². The van der Waals surface area contributed by atoms with Crippen molar-refractivity contribution in [2.45, 2.75) is 13.1 Å². The van der Waals surface area contributed by atoms with Crippen molar-refractivity contribution in [1.82, 2.24) is 4.90 Å². The first-order valence-electron chi connectivity index (χ1n) is 11.0. The molecule has 4 aromatic carbocycles. The summed E-state index contributed by atoms with van der Waals surface area (Å²) in [7, 11) is 0. The Morgan fingerprint density at radius 3 is 1.79 bits per heavy atom. The standard InChI is InChI=1S/C29H24N2O3/c32-29(30(21-23-11-4-1-5-12-23)22-24-13-6-2-7-14-24)28(26-16-8-3-9-17-26)20-25-15-10-18-27(19-25)31(33)34/h1-20H,21-22H2/b28-20-. The summed E-state index contributed by atoms with van der Waals surface area (Å²) in [4.78, 5) is 26.6. The minimum Gasteiger partial charge on any atom is -0.330 e. The lowest BCUT2D eigenvalue weighted by Gasteiger charge is -2.25. The molecule has 0 aromatic heterocycles. The highest BCUT2D eigenvalue weighted by atomic mass is 16.6. The van der Waals surface area contributed by atoms with Crippen LogP contribution in [0.4, 0.5) is 5.69 Å². The molecule has 1 amide bonds. The number of rotatable bonds is 8. The van der Waals surface area contributed by atoms with Gasteiger partial charge in [0.15, 0.2) is 0 Å². The summed E-state index contributed by atoms with van der Waals surface area (Å²) in [5.74, 6) is -0.148. The van der Waals surface area contributed by atoms with Gasteiger partial charge in [0.05, 0.1) is 4.92 Å². The second-order valence-corrected chi connectivity index (χ2v) is 7.91. The number of carbonyl (C=O) groups is 1. The number of non-ortho nitro benzene ring substituents is 1. The molecule has 0 bridgehead atoms. The molecule has 5 nitrogen and oxygen atoms in total. The average Bonchev–Trinajstić information content (AvgIpc) is 2.88. The van der Waals surface area contributed by atoms with Gasteiger partial charge in [-0.15, -0.1) is 0 Å². The number of carbonyl (C=O) groups excluding carboxylic acids is 1. The first-order chi connectivity index (χ1) is 16.6. The topological polar surface area (TPSA) is 63.4 Å². The van der Waals surface area contributed by atoms with Crippen molar-refractivity contribution in [2.24, 2.45) is 0 Å². The van der Waals surface area contributed by atoms with E-state index in [1.165, 1.54) is 12.1 Å². The summed E-state index contributed by atoms with van der Waals surface area (Å²) in [6, 6.07) is 35.4. The fourth-order valence-corrected chi connectivity index (χ4v) is 3.76. The maximum absolute atomic E-state index is 14.0. The van der Waals surface area contributed by atoms with E-state index in [1.54, 1.807) is 23.1 Å². The highest BCUT2D eigenvalue weighted by Crippen LogP contribution is 2.25. The maximum Gasteiger partial charge on any atom is 0.270 e. The fraction of sp³-hybridized carbons (Fsp3) is 0.0690. The zero-order valence-corrected chi connectivity index (χ0v) is 18.6. The van der Waals surface area contributed by atoms with E-state index in [-0.39, 0.29) is 11.6 Å². The third-order valence-corrected chi connectivity index (χ3v) is 5.43. The first-order valence-corrected chi connectivity index (χ1v) is 11.0. The van der Waals surface area contributed by atoms with E-state index in [0.29, 0.717) is 24.2 Å². The van der Waals surface area contributed by atoms with E-state index >= 15 is 0 Å². The minimum atomic E-state index is -0.432. The molecule has 5 heteroatoms. The SMILES string of the molecule is O=C(/C(=C\c1cccc([N+](=O)[O-])c1)c1ccccc1)N(Cc1ccccc1)Cc1ccccc1. The molecular weight excluding hydrogens is 424 g/mol. The van der Waals surface area contributed by atoms with Gasteiger partial charge in [0.25, 0.3) is 11.6 Å². The molecule has 0 radical (unpaired) electrons. The van der Waals surface area contributed by atoms with Crippen LogP contribution in [0.15, 0.2) is 115 Å². The van der Waals surface area contributed by atoms with Crippen LogP contribution >= 0.6 is 0 Å². The lowest BCUT2D eigenvalue weighted by molar-refractivity contribution is -0.384. The second kappa shape index (κ2) is 10.9. The summed E-state index contributed by atoms with van der Waals surface area (Å²) in [6.07, 6.45) is 1.73. The molecule has 0 heterocycles. The van der Waals surface area contributed by atoms with Crippen LogP contribution in [0.25, 0.3) is 11.6 Å². The molecule has 0 saturated carbocycles. The van der Waals surface area contributed by atoms with Crippen LogP contribution in [0, 0.1) is 10.1 Å². The smallest absolute Gasteiger partial charge is 0.270 e. The average molecular weight is 449 g/mol. The van der Waals surface area contributed by atoms with Gasteiger partial charge in [-0.2, -0.15) is 0 Å². The van der Waals surface area contributed by atoms with E-state index in [0.717, 1.165) is 16.7 Å². The highest BCUT2D eigenvalue weighted by Gasteiger charge is 2.21. The van der Waals surface area contributed by atoms with Gasteiger partial charge in [0.1, 0.15) is 0 Å². The minimum absolute atomic E-state index is 0.0148. The molecular formula is C29H24N2O3. The molecule has 0 aliphatic rings. The summed E-state index contributed by atoms with van der Waals surface area (Å²) in [5.41, 5.74) is 3.86. The van der Waals surface area contributed by atoms with Crippen LogP contribution < -0.4 is 0 Å². The number of nitro benzene ring substituents is 1. The van der Waals surface area contributed by atoms with E-state index in [9.17, 15) is 14.9 Å². The molecule has 168 valence electrons. The van der Waals surface area contributed by atoms with Crippen LogP contribution in [0.1, 0.15) is 22.3 Å². The van der Waals surface area contributed by atoms with Gasteiger partial charge in [0.2, 0.25) is 0 Å². The van der Waals surface area contributed by atoms with Crippen molar-refractivity contribution in [2.75, 3.05) is 0 Å². The van der Waals surface area contributed by atoms with Crippen LogP contribution in [0.3, 0.4) is 0 Å². The summed E-state index contributed by atoms with van der Waals surface area (Å²) in [6.45, 7) is 0.876. The molecule has 0 saturated heterocycles. The molecule has 0 aliphatic heterocycles. The van der Waals surface area contributed by atoms with Crippen LogP contribution in [-0.4, -0.2) is 15.7 Å². The Balaban J connectivity index is 1.76. The third-order valence-electron chi connectivity index (χ3n) is 5.43. The van der Waals surface area contributed by atoms with Crippen molar-refractivity contribution >= 4 is 23.2 Å². The van der Waals surface area contributed by atoms with Gasteiger partial charge in [-0.25, -0.2) is 0 Å². The number of nitrogens with zero attached hydrogens (tertiary/aromatic N) is 2. The van der Waals surface area contributed by atoms with Crippen LogP contribution in [0.5, 0.6) is 0 Å². The molecule has 0 spiro atoms. The van der Waals surface area contributed by atoms with Gasteiger partial charge in [-0.3, -0.25) is 14.9 Å². The normalized spacial score (nSPS) is 11.1. The first kappa shape index (κ1) is 22.7. The zero-order chi connectivity index (χ0) is 23.8. The predicted octanol–water partition coefficient (Wildman–Crippen LogP) is 6.36. The summed E-state index contributed by atoms with van der Waals surface area (Å²) >= 11 is 0. The number of nitro groups is 1. The largest absolute Gasteiger partial charge is 0.330 e. The molecule has 34 heavy (non-hydrogen) atoms. The molecule has 0 atom stereocenters. The van der Waals surface area contributed by atoms with Gasteiger partial charge >= 0.3 is 0 Å². The van der Waals surface area contributed by atoms with E-state index < -0.39 is 4.92 Å². The molecule has 4 aromatic rings. The van der Waals surface area contributed by atoms with Crippen LogP contribution in [-0.2, 0) is 17.9 Å². The van der Waals surface area contributed by atoms with Crippen molar-refractivity contribution < 1.29 is 9.72 Å². The Morgan fingerprint density at radius 1 is 0.735 bits per heavy atom. The Bertz CT molecular complexity index is 1250. The highest BCUT2D eigenvalue weighted by molar-refractivity contribution is 6.24. The molecule has 0 N–H and O–H groups in total. The number of benzene rings is 4. The zero-order valence-electron chi connectivity index (χ0n) is 18.6.